The number of halogens is 2. The summed E-state index contributed by atoms with van der Waals surface area (Å²) in [6.07, 6.45) is 1.75. The third-order valence-electron chi connectivity index (χ3n) is 3.40. The van der Waals surface area contributed by atoms with Crippen molar-refractivity contribution in [2.75, 3.05) is 19.5 Å². The smallest absolute Gasteiger partial charge is 0.223 e. The first-order valence-corrected chi connectivity index (χ1v) is 7.37. The van der Waals surface area contributed by atoms with Crippen LogP contribution in [0, 0.1) is 0 Å². The Labute approximate surface area is 138 Å². The van der Waals surface area contributed by atoms with Crippen LogP contribution in [0.4, 0.5) is 5.95 Å². The zero-order valence-corrected chi connectivity index (χ0v) is 13.5. The second-order valence-corrected chi connectivity index (χ2v) is 5.41. The van der Waals surface area contributed by atoms with E-state index >= 15 is 0 Å². The molecule has 0 unspecified atom stereocenters. The predicted octanol–water partition coefficient (Wildman–Crippen LogP) is 4.65. The number of aromatic nitrogens is 2. The van der Waals surface area contributed by atoms with Crippen LogP contribution < -0.4 is 10.1 Å². The van der Waals surface area contributed by atoms with Gasteiger partial charge in [0.25, 0.3) is 0 Å². The summed E-state index contributed by atoms with van der Waals surface area (Å²) in [5.74, 6) is 1.20. The Morgan fingerprint density at radius 3 is 2.64 bits per heavy atom. The Morgan fingerprint density at radius 1 is 1.09 bits per heavy atom. The average Bonchev–Trinajstić information content (AvgIpc) is 2.56. The number of rotatable bonds is 3. The van der Waals surface area contributed by atoms with Gasteiger partial charge in [-0.25, -0.2) is 9.97 Å². The predicted molar refractivity (Wildman–Crippen MR) is 91.1 cm³/mol. The molecule has 112 valence electrons. The molecule has 3 aromatic rings. The molecule has 0 aliphatic rings. The molecule has 0 radical (unpaired) electrons. The number of fused-ring (bicyclic) bond motifs is 1. The lowest BCUT2D eigenvalue weighted by molar-refractivity contribution is 0.419. The van der Waals surface area contributed by atoms with Gasteiger partial charge in [-0.05, 0) is 23.8 Å². The Balaban J connectivity index is 2.34. The summed E-state index contributed by atoms with van der Waals surface area (Å²) in [6, 6.07) is 9.33. The lowest BCUT2D eigenvalue weighted by atomic mass is 10.0. The highest BCUT2D eigenvalue weighted by Crippen LogP contribution is 2.39. The van der Waals surface area contributed by atoms with E-state index in [2.05, 4.69) is 15.3 Å². The van der Waals surface area contributed by atoms with Crippen molar-refractivity contribution < 1.29 is 4.74 Å². The molecule has 2 aromatic carbocycles. The summed E-state index contributed by atoms with van der Waals surface area (Å²) < 4.78 is 5.39. The van der Waals surface area contributed by atoms with Gasteiger partial charge in [-0.1, -0.05) is 35.3 Å². The molecule has 0 saturated carbocycles. The molecule has 1 heterocycles. The number of methoxy groups -OCH3 is 1. The van der Waals surface area contributed by atoms with Crippen LogP contribution in [0.5, 0.6) is 5.75 Å². The second-order valence-electron chi connectivity index (χ2n) is 4.62. The molecule has 0 aliphatic heterocycles. The average molecular weight is 334 g/mol. The molecule has 1 N–H and O–H groups in total. The van der Waals surface area contributed by atoms with E-state index < -0.39 is 0 Å². The molecular weight excluding hydrogens is 321 g/mol. The molecule has 4 nitrogen and oxygen atoms in total. The summed E-state index contributed by atoms with van der Waals surface area (Å²) in [5.41, 5.74) is 2.46. The fourth-order valence-corrected chi connectivity index (χ4v) is 2.73. The van der Waals surface area contributed by atoms with Gasteiger partial charge in [0.15, 0.2) is 0 Å². The summed E-state index contributed by atoms with van der Waals surface area (Å²) in [6.45, 7) is 0. The van der Waals surface area contributed by atoms with Crippen molar-refractivity contribution in [2.45, 2.75) is 0 Å². The maximum absolute atomic E-state index is 6.34. The molecule has 0 spiro atoms. The van der Waals surface area contributed by atoms with Gasteiger partial charge < -0.3 is 10.1 Å². The minimum absolute atomic E-state index is 0.508. The quantitative estimate of drug-likeness (QED) is 0.757. The molecule has 1 aromatic heterocycles. The fraction of sp³-hybridized carbons (Fsp3) is 0.125. The van der Waals surface area contributed by atoms with E-state index in [9.17, 15) is 0 Å². The maximum atomic E-state index is 6.34. The number of ether oxygens (including phenoxy) is 1. The zero-order chi connectivity index (χ0) is 15.7. The van der Waals surface area contributed by atoms with Crippen LogP contribution in [0.15, 0.2) is 36.5 Å². The SMILES string of the molecule is CNc1ncc2c(-c3cccc(Cl)c3Cl)ccc(OC)c2n1. The van der Waals surface area contributed by atoms with Crippen molar-refractivity contribution in [2.24, 2.45) is 0 Å². The van der Waals surface area contributed by atoms with Crippen molar-refractivity contribution in [3.05, 3.63) is 46.6 Å². The Morgan fingerprint density at radius 2 is 1.91 bits per heavy atom. The van der Waals surface area contributed by atoms with Crippen LogP contribution >= 0.6 is 23.2 Å². The van der Waals surface area contributed by atoms with Crippen molar-refractivity contribution in [3.8, 4) is 16.9 Å². The monoisotopic (exact) mass is 333 g/mol. The van der Waals surface area contributed by atoms with Crippen LogP contribution in [0.3, 0.4) is 0 Å². The number of nitrogens with one attached hydrogen (secondary N) is 1. The molecule has 0 amide bonds. The number of nitrogens with zero attached hydrogens (tertiary/aromatic N) is 2. The van der Waals surface area contributed by atoms with E-state index in [1.54, 1.807) is 26.4 Å². The Kier molecular flexibility index (Phi) is 4.05. The highest BCUT2D eigenvalue weighted by molar-refractivity contribution is 6.44. The normalized spacial score (nSPS) is 10.7. The molecule has 0 atom stereocenters. The van der Waals surface area contributed by atoms with Crippen molar-refractivity contribution in [1.82, 2.24) is 9.97 Å². The third kappa shape index (κ3) is 2.45. The van der Waals surface area contributed by atoms with Crippen LogP contribution in [-0.4, -0.2) is 24.1 Å². The number of benzene rings is 2. The van der Waals surface area contributed by atoms with Gasteiger partial charge in [-0.3, -0.25) is 0 Å². The third-order valence-corrected chi connectivity index (χ3v) is 4.22. The molecule has 0 bridgehead atoms. The molecule has 6 heteroatoms. The van der Waals surface area contributed by atoms with E-state index in [0.717, 1.165) is 22.0 Å². The van der Waals surface area contributed by atoms with Gasteiger partial charge >= 0.3 is 0 Å². The van der Waals surface area contributed by atoms with E-state index in [1.807, 2.05) is 24.3 Å². The zero-order valence-electron chi connectivity index (χ0n) is 12.0. The molecule has 0 fully saturated rings. The highest BCUT2D eigenvalue weighted by Gasteiger charge is 2.14. The highest BCUT2D eigenvalue weighted by atomic mass is 35.5. The first-order chi connectivity index (χ1) is 10.7. The van der Waals surface area contributed by atoms with Gasteiger partial charge in [-0.2, -0.15) is 0 Å². The van der Waals surface area contributed by atoms with Crippen LogP contribution in [-0.2, 0) is 0 Å². The molecular formula is C16H13Cl2N3O. The van der Waals surface area contributed by atoms with E-state index in [0.29, 0.717) is 21.7 Å². The molecule has 0 aliphatic carbocycles. The second kappa shape index (κ2) is 5.99. The van der Waals surface area contributed by atoms with E-state index in [1.165, 1.54) is 0 Å². The van der Waals surface area contributed by atoms with Crippen LogP contribution in [0.2, 0.25) is 10.0 Å². The number of hydrogen-bond donors (Lipinski definition) is 1. The van der Waals surface area contributed by atoms with Gasteiger partial charge in [0.1, 0.15) is 11.3 Å². The Bertz CT molecular complexity index is 852. The van der Waals surface area contributed by atoms with E-state index in [-0.39, 0.29) is 0 Å². The van der Waals surface area contributed by atoms with E-state index in [4.69, 9.17) is 27.9 Å². The van der Waals surface area contributed by atoms with Gasteiger partial charge in [0, 0.05) is 24.2 Å². The van der Waals surface area contributed by atoms with Gasteiger partial charge in [0.2, 0.25) is 5.95 Å². The van der Waals surface area contributed by atoms with Gasteiger partial charge in [0.05, 0.1) is 17.2 Å². The minimum atomic E-state index is 0.508. The minimum Gasteiger partial charge on any atom is -0.494 e. The first-order valence-electron chi connectivity index (χ1n) is 6.61. The summed E-state index contributed by atoms with van der Waals surface area (Å²) in [7, 11) is 3.38. The summed E-state index contributed by atoms with van der Waals surface area (Å²) >= 11 is 12.5. The van der Waals surface area contributed by atoms with Gasteiger partial charge in [-0.15, -0.1) is 0 Å². The fourth-order valence-electron chi connectivity index (χ4n) is 2.33. The Hall–Kier alpha value is -2.04. The molecule has 22 heavy (non-hydrogen) atoms. The lowest BCUT2D eigenvalue weighted by Gasteiger charge is -2.12. The number of anilines is 1. The first kappa shape index (κ1) is 14.9. The van der Waals surface area contributed by atoms with Crippen molar-refractivity contribution >= 4 is 40.1 Å². The largest absolute Gasteiger partial charge is 0.494 e. The van der Waals surface area contributed by atoms with Crippen LogP contribution in [0.1, 0.15) is 0 Å². The topological polar surface area (TPSA) is 47.0 Å². The maximum Gasteiger partial charge on any atom is 0.223 e. The van der Waals surface area contributed by atoms with Crippen LogP contribution in [0.25, 0.3) is 22.0 Å². The standard InChI is InChI=1S/C16H13Cl2N3O/c1-19-16-20-8-11-9(6-7-13(22-2)15(11)21-16)10-4-3-5-12(17)14(10)18/h3-8H,1-2H3,(H,19,20,21). The number of hydrogen-bond acceptors (Lipinski definition) is 4. The van der Waals surface area contributed by atoms with Crippen molar-refractivity contribution in [3.63, 3.8) is 0 Å². The molecule has 0 saturated heterocycles. The molecule has 3 rings (SSSR count). The van der Waals surface area contributed by atoms with Crippen molar-refractivity contribution in [1.29, 1.82) is 0 Å². The summed E-state index contributed by atoms with van der Waals surface area (Å²) in [5, 5.41) is 4.79. The summed E-state index contributed by atoms with van der Waals surface area (Å²) in [4.78, 5) is 8.76. The lowest BCUT2D eigenvalue weighted by Crippen LogP contribution is -1.98.